The fourth-order valence-corrected chi connectivity index (χ4v) is 2.70. The van der Waals surface area contributed by atoms with E-state index in [9.17, 15) is 0 Å². The lowest BCUT2D eigenvalue weighted by molar-refractivity contribution is 1.20. The van der Waals surface area contributed by atoms with Gasteiger partial charge in [-0.2, -0.15) is 0 Å². The zero-order chi connectivity index (χ0) is 15.5. The molecule has 0 amide bonds. The molecule has 2 nitrogen and oxygen atoms in total. The van der Waals surface area contributed by atoms with Crippen molar-refractivity contribution >= 4 is 28.6 Å². The molecule has 0 bridgehead atoms. The van der Waals surface area contributed by atoms with E-state index < -0.39 is 0 Å². The molecule has 0 aliphatic heterocycles. The lowest BCUT2D eigenvalue weighted by Gasteiger charge is -1.98. The normalized spacial score (nSPS) is 12.0. The van der Waals surface area contributed by atoms with Gasteiger partial charge in [-0.1, -0.05) is 72.8 Å². The Morgan fingerprint density at radius 2 is 1.57 bits per heavy atom. The number of nitrogens with zero attached hydrogens (tertiary/aromatic N) is 2. The number of fused-ring (bicyclic) bond motifs is 3. The Kier molecular flexibility index (Phi) is 3.49. The molecule has 0 unspecified atom stereocenters. The zero-order valence-electron chi connectivity index (χ0n) is 12.6. The monoisotopic (exact) mass is 296 g/mol. The van der Waals surface area contributed by atoms with E-state index in [2.05, 4.69) is 65.3 Å². The van der Waals surface area contributed by atoms with Crippen molar-refractivity contribution in [3.05, 3.63) is 96.5 Å². The molecular formula is C21H16N2. The average molecular weight is 296 g/mol. The van der Waals surface area contributed by atoms with Crippen molar-refractivity contribution < 1.29 is 0 Å². The van der Waals surface area contributed by atoms with Crippen LogP contribution in [0.1, 0.15) is 11.3 Å². The first-order chi connectivity index (χ1) is 11.4. The second-order valence-corrected chi connectivity index (χ2v) is 5.43. The van der Waals surface area contributed by atoms with Crippen LogP contribution < -0.4 is 0 Å². The molecule has 0 spiro atoms. The predicted molar refractivity (Wildman–Crippen MR) is 97.2 cm³/mol. The van der Waals surface area contributed by atoms with Crippen LogP contribution in [0, 0.1) is 0 Å². The second-order valence-electron chi connectivity index (χ2n) is 5.43. The third kappa shape index (κ3) is 2.79. The summed E-state index contributed by atoms with van der Waals surface area (Å²) >= 11 is 0. The van der Waals surface area contributed by atoms with Gasteiger partial charge in [0.1, 0.15) is 5.65 Å². The first kappa shape index (κ1) is 13.5. The van der Waals surface area contributed by atoms with Crippen LogP contribution in [0.2, 0.25) is 0 Å². The van der Waals surface area contributed by atoms with Crippen molar-refractivity contribution in [1.29, 1.82) is 0 Å². The van der Waals surface area contributed by atoms with E-state index in [1.807, 2.05) is 36.4 Å². The molecule has 0 fully saturated rings. The quantitative estimate of drug-likeness (QED) is 0.474. The average Bonchev–Trinajstić information content (AvgIpc) is 3.03. The second kappa shape index (κ2) is 5.93. The lowest BCUT2D eigenvalue weighted by atomic mass is 10.2. The van der Waals surface area contributed by atoms with Gasteiger partial charge in [0.05, 0.1) is 5.69 Å². The Balaban J connectivity index is 1.63. The summed E-state index contributed by atoms with van der Waals surface area (Å²) in [6.07, 6.45) is 12.3. The third-order valence-corrected chi connectivity index (χ3v) is 3.83. The van der Waals surface area contributed by atoms with Gasteiger partial charge in [0, 0.05) is 17.8 Å². The lowest BCUT2D eigenvalue weighted by Crippen LogP contribution is -1.83. The Labute approximate surface area is 135 Å². The highest BCUT2D eigenvalue weighted by Gasteiger charge is 2.02. The summed E-state index contributed by atoms with van der Waals surface area (Å²) < 4.78 is 2.07. The summed E-state index contributed by atoms with van der Waals surface area (Å²) in [5.74, 6) is 0. The van der Waals surface area contributed by atoms with Gasteiger partial charge in [-0.05, 0) is 23.1 Å². The Morgan fingerprint density at radius 1 is 0.783 bits per heavy atom. The molecule has 0 aliphatic rings. The maximum Gasteiger partial charge on any atom is 0.145 e. The van der Waals surface area contributed by atoms with Crippen molar-refractivity contribution in [3.63, 3.8) is 0 Å². The summed E-state index contributed by atoms with van der Waals surface area (Å²) in [6.45, 7) is 0. The first-order valence-corrected chi connectivity index (χ1v) is 7.66. The SMILES string of the molecule is C(/C=C/c1cn2ccc3ccccc3c2n1)=C\c1ccccc1. The number of hydrogen-bond acceptors (Lipinski definition) is 1. The van der Waals surface area contributed by atoms with Gasteiger partial charge < -0.3 is 4.40 Å². The topological polar surface area (TPSA) is 17.3 Å². The van der Waals surface area contributed by atoms with E-state index in [0.29, 0.717) is 0 Å². The van der Waals surface area contributed by atoms with Crippen LogP contribution in [0.15, 0.2) is 85.2 Å². The van der Waals surface area contributed by atoms with Gasteiger partial charge in [0.15, 0.2) is 0 Å². The van der Waals surface area contributed by atoms with E-state index in [0.717, 1.165) is 11.3 Å². The molecule has 2 heteroatoms. The molecular weight excluding hydrogens is 280 g/mol. The molecule has 4 aromatic rings. The minimum Gasteiger partial charge on any atom is -0.306 e. The van der Waals surface area contributed by atoms with Crippen molar-refractivity contribution in [2.45, 2.75) is 0 Å². The highest BCUT2D eigenvalue weighted by molar-refractivity contribution is 5.94. The number of rotatable bonds is 3. The molecule has 2 heterocycles. The number of imidazole rings is 1. The van der Waals surface area contributed by atoms with Crippen molar-refractivity contribution in [2.24, 2.45) is 0 Å². The number of hydrogen-bond donors (Lipinski definition) is 0. The molecule has 0 radical (unpaired) electrons. The van der Waals surface area contributed by atoms with E-state index in [-0.39, 0.29) is 0 Å². The molecule has 0 N–H and O–H groups in total. The smallest absolute Gasteiger partial charge is 0.145 e. The van der Waals surface area contributed by atoms with Crippen molar-refractivity contribution in [2.75, 3.05) is 0 Å². The number of allylic oxidation sites excluding steroid dienone is 2. The molecule has 0 saturated heterocycles. The van der Waals surface area contributed by atoms with E-state index in [1.165, 1.54) is 16.3 Å². The molecule has 0 aliphatic carbocycles. The maximum absolute atomic E-state index is 4.73. The minimum absolute atomic E-state index is 0.957. The van der Waals surface area contributed by atoms with E-state index >= 15 is 0 Å². The first-order valence-electron chi connectivity index (χ1n) is 7.66. The highest BCUT2D eigenvalue weighted by Crippen LogP contribution is 2.19. The Hall–Kier alpha value is -3.13. The molecule has 2 aromatic heterocycles. The van der Waals surface area contributed by atoms with Crippen LogP contribution >= 0.6 is 0 Å². The van der Waals surface area contributed by atoms with Gasteiger partial charge in [0.2, 0.25) is 0 Å². The van der Waals surface area contributed by atoms with Crippen LogP contribution in [-0.2, 0) is 0 Å². The summed E-state index contributed by atoms with van der Waals surface area (Å²) in [4.78, 5) is 4.73. The zero-order valence-corrected chi connectivity index (χ0v) is 12.6. The van der Waals surface area contributed by atoms with Gasteiger partial charge >= 0.3 is 0 Å². The van der Waals surface area contributed by atoms with Crippen LogP contribution in [0.3, 0.4) is 0 Å². The number of benzene rings is 2. The van der Waals surface area contributed by atoms with Crippen LogP contribution in [0.25, 0.3) is 28.6 Å². The van der Waals surface area contributed by atoms with Gasteiger partial charge in [-0.25, -0.2) is 4.98 Å². The molecule has 2 aromatic carbocycles. The molecule has 23 heavy (non-hydrogen) atoms. The summed E-state index contributed by atoms with van der Waals surface area (Å²) in [5, 5.41) is 2.39. The van der Waals surface area contributed by atoms with Gasteiger partial charge in [-0.15, -0.1) is 0 Å². The van der Waals surface area contributed by atoms with Crippen LogP contribution in [-0.4, -0.2) is 9.38 Å². The number of aromatic nitrogens is 2. The summed E-state index contributed by atoms with van der Waals surface area (Å²) in [5.41, 5.74) is 3.15. The molecule has 0 saturated carbocycles. The third-order valence-electron chi connectivity index (χ3n) is 3.83. The number of pyridine rings is 1. The maximum atomic E-state index is 4.73. The summed E-state index contributed by atoms with van der Waals surface area (Å²) in [6, 6.07) is 20.7. The highest BCUT2D eigenvalue weighted by atomic mass is 15.0. The van der Waals surface area contributed by atoms with Gasteiger partial charge in [0.25, 0.3) is 0 Å². The van der Waals surface area contributed by atoms with Crippen LogP contribution in [0.4, 0.5) is 0 Å². The van der Waals surface area contributed by atoms with Crippen molar-refractivity contribution in [1.82, 2.24) is 9.38 Å². The van der Waals surface area contributed by atoms with Gasteiger partial charge in [-0.3, -0.25) is 0 Å². The molecule has 0 atom stereocenters. The largest absolute Gasteiger partial charge is 0.306 e. The van der Waals surface area contributed by atoms with Crippen molar-refractivity contribution in [3.8, 4) is 0 Å². The Morgan fingerprint density at radius 3 is 2.48 bits per heavy atom. The molecule has 110 valence electrons. The fourth-order valence-electron chi connectivity index (χ4n) is 2.70. The Bertz CT molecular complexity index is 1010. The molecule has 4 rings (SSSR count). The fraction of sp³-hybridized carbons (Fsp3) is 0. The van der Waals surface area contributed by atoms with E-state index in [1.54, 1.807) is 0 Å². The predicted octanol–water partition coefficient (Wildman–Crippen LogP) is 5.21. The van der Waals surface area contributed by atoms with E-state index in [4.69, 9.17) is 4.98 Å². The standard InChI is InChI=1S/C21H16N2/c1-2-8-17(9-3-1)10-4-6-12-19-16-23-15-14-18-11-5-7-13-20(18)21(23)22-19/h1-16H/b10-4+,12-6+. The minimum atomic E-state index is 0.957. The van der Waals surface area contributed by atoms with Crippen LogP contribution in [0.5, 0.6) is 0 Å². The summed E-state index contributed by atoms with van der Waals surface area (Å²) in [7, 11) is 0.